The highest BCUT2D eigenvalue weighted by Gasteiger charge is 2.37. The minimum atomic E-state index is -0.254. The molecular formula is C20H27N6O+. The first-order chi connectivity index (χ1) is 12.9. The Morgan fingerprint density at radius 1 is 1.22 bits per heavy atom. The number of H-pyrrole nitrogens is 1. The number of hydrogen-bond acceptors (Lipinski definition) is 4. The molecule has 0 radical (unpaired) electrons. The van der Waals surface area contributed by atoms with E-state index in [0.29, 0.717) is 0 Å². The number of nitrogens with zero attached hydrogens (tertiary/aromatic N) is 4. The summed E-state index contributed by atoms with van der Waals surface area (Å²) < 4.78 is 1.86. The zero-order valence-corrected chi connectivity index (χ0v) is 16.4. The molecule has 1 saturated heterocycles. The smallest absolute Gasteiger partial charge is 0.258 e. The van der Waals surface area contributed by atoms with E-state index in [1.54, 1.807) is 0 Å². The van der Waals surface area contributed by atoms with E-state index in [9.17, 15) is 4.79 Å². The number of aromatic amines is 1. The summed E-state index contributed by atoms with van der Waals surface area (Å²) in [5, 5.41) is 13.6. The van der Waals surface area contributed by atoms with Crippen molar-refractivity contribution >= 4 is 10.9 Å². The second-order valence-corrected chi connectivity index (χ2v) is 8.51. The summed E-state index contributed by atoms with van der Waals surface area (Å²) >= 11 is 0. The molecule has 0 aliphatic carbocycles. The zero-order chi connectivity index (χ0) is 19.2. The fourth-order valence-electron chi connectivity index (χ4n) is 4.13. The van der Waals surface area contributed by atoms with Crippen LogP contribution in [0.25, 0.3) is 10.9 Å². The maximum Gasteiger partial charge on any atom is 0.258 e. The maximum absolute atomic E-state index is 13.1. The lowest BCUT2D eigenvalue weighted by molar-refractivity contribution is -0.914. The van der Waals surface area contributed by atoms with E-state index in [1.165, 1.54) is 4.90 Å². The van der Waals surface area contributed by atoms with Crippen molar-refractivity contribution < 1.29 is 4.90 Å². The fourth-order valence-corrected chi connectivity index (χ4v) is 4.13. The minimum absolute atomic E-state index is 0.0512. The summed E-state index contributed by atoms with van der Waals surface area (Å²) in [4.78, 5) is 17.6. The Bertz CT molecular complexity index is 1020. The van der Waals surface area contributed by atoms with Crippen molar-refractivity contribution in [2.24, 2.45) is 0 Å². The van der Waals surface area contributed by atoms with Crippen LogP contribution in [0, 0.1) is 6.92 Å². The third-order valence-corrected chi connectivity index (χ3v) is 5.47. The standard InChI is InChI=1S/C20H26N6O/c1-13-8-7-9-14-12-15(19(27)21-16(13)14)17(25-10-5-6-11-25)18-22-23-24-26(18)20(2,3)4/h7-9,12,17H,5-6,10-11H2,1-4H3,(H,21,27)/p+1/t17-/m0/s1. The molecule has 142 valence electrons. The number of hydrogen-bond donors (Lipinski definition) is 2. The molecule has 27 heavy (non-hydrogen) atoms. The van der Waals surface area contributed by atoms with Gasteiger partial charge in [-0.3, -0.25) is 4.79 Å². The van der Waals surface area contributed by atoms with Crippen molar-refractivity contribution in [1.82, 2.24) is 25.2 Å². The molecule has 2 N–H and O–H groups in total. The molecule has 7 heteroatoms. The van der Waals surface area contributed by atoms with Gasteiger partial charge in [0.2, 0.25) is 5.82 Å². The number of rotatable bonds is 3. The van der Waals surface area contributed by atoms with Gasteiger partial charge in [-0.1, -0.05) is 18.2 Å². The normalized spacial score (nSPS) is 16.9. The van der Waals surface area contributed by atoms with E-state index in [0.717, 1.165) is 53.8 Å². The van der Waals surface area contributed by atoms with Crippen molar-refractivity contribution in [3.05, 3.63) is 51.6 Å². The number of quaternary nitrogens is 1. The highest BCUT2D eigenvalue weighted by molar-refractivity contribution is 5.82. The van der Waals surface area contributed by atoms with E-state index in [1.807, 2.05) is 35.9 Å². The number of aryl methyl sites for hydroxylation is 1. The first-order valence-corrected chi connectivity index (χ1v) is 9.62. The van der Waals surface area contributed by atoms with Crippen LogP contribution >= 0.6 is 0 Å². The van der Waals surface area contributed by atoms with Crippen LogP contribution in [0.3, 0.4) is 0 Å². The highest BCUT2D eigenvalue weighted by Crippen LogP contribution is 2.23. The lowest BCUT2D eigenvalue weighted by Gasteiger charge is -2.27. The summed E-state index contributed by atoms with van der Waals surface area (Å²) in [5.74, 6) is 0.761. The minimum Gasteiger partial charge on any atom is -0.322 e. The molecular weight excluding hydrogens is 340 g/mol. The average Bonchev–Trinajstić information content (AvgIpc) is 3.28. The van der Waals surface area contributed by atoms with Crippen molar-refractivity contribution in [3.63, 3.8) is 0 Å². The molecule has 0 amide bonds. The average molecular weight is 367 g/mol. The molecule has 1 fully saturated rings. The topological polar surface area (TPSA) is 80.9 Å². The van der Waals surface area contributed by atoms with Gasteiger partial charge in [-0.15, -0.1) is 5.10 Å². The van der Waals surface area contributed by atoms with Gasteiger partial charge in [-0.2, -0.15) is 0 Å². The molecule has 1 atom stereocenters. The van der Waals surface area contributed by atoms with Gasteiger partial charge >= 0.3 is 0 Å². The van der Waals surface area contributed by atoms with Crippen molar-refractivity contribution in [3.8, 4) is 0 Å². The van der Waals surface area contributed by atoms with Crippen LogP contribution < -0.4 is 10.5 Å². The summed E-state index contributed by atoms with van der Waals surface area (Å²) in [6.45, 7) is 10.3. The quantitative estimate of drug-likeness (QED) is 0.732. The van der Waals surface area contributed by atoms with Gasteiger partial charge in [0.1, 0.15) is 0 Å². The van der Waals surface area contributed by atoms with E-state index in [-0.39, 0.29) is 17.1 Å². The number of para-hydroxylation sites is 1. The van der Waals surface area contributed by atoms with Gasteiger partial charge in [0, 0.05) is 12.8 Å². The van der Waals surface area contributed by atoms with Crippen LogP contribution in [0.1, 0.15) is 56.6 Å². The summed E-state index contributed by atoms with van der Waals surface area (Å²) in [6, 6.07) is 7.94. The number of aromatic nitrogens is 5. The van der Waals surface area contributed by atoms with Crippen LogP contribution in [0.4, 0.5) is 0 Å². The lowest BCUT2D eigenvalue weighted by atomic mass is 10.0. The predicted molar refractivity (Wildman–Crippen MR) is 104 cm³/mol. The number of tetrazole rings is 1. The third kappa shape index (κ3) is 3.16. The number of likely N-dealkylation sites (tertiary alicyclic amines) is 1. The molecule has 7 nitrogen and oxygen atoms in total. The van der Waals surface area contributed by atoms with Gasteiger partial charge in [0.25, 0.3) is 5.56 Å². The van der Waals surface area contributed by atoms with Crippen LogP contribution in [-0.2, 0) is 5.54 Å². The van der Waals surface area contributed by atoms with Gasteiger partial charge < -0.3 is 9.88 Å². The van der Waals surface area contributed by atoms with Gasteiger partial charge in [0.05, 0.1) is 29.7 Å². The van der Waals surface area contributed by atoms with Crippen LogP contribution in [0.5, 0.6) is 0 Å². The van der Waals surface area contributed by atoms with Gasteiger partial charge in [-0.05, 0) is 55.1 Å². The predicted octanol–water partition coefficient (Wildman–Crippen LogP) is 1.35. The Kier molecular flexibility index (Phi) is 4.34. The monoisotopic (exact) mass is 367 g/mol. The zero-order valence-electron chi connectivity index (χ0n) is 16.4. The van der Waals surface area contributed by atoms with Gasteiger partial charge in [-0.25, -0.2) is 4.68 Å². The van der Waals surface area contributed by atoms with Crippen molar-refractivity contribution in [1.29, 1.82) is 0 Å². The molecule has 1 aliphatic rings. The second-order valence-electron chi connectivity index (χ2n) is 8.51. The largest absolute Gasteiger partial charge is 0.322 e. The molecule has 3 heterocycles. The Hall–Kier alpha value is -2.54. The van der Waals surface area contributed by atoms with E-state index >= 15 is 0 Å². The second kappa shape index (κ2) is 6.56. The number of pyridine rings is 1. The van der Waals surface area contributed by atoms with Crippen molar-refractivity contribution in [2.45, 2.75) is 52.1 Å². The van der Waals surface area contributed by atoms with Crippen molar-refractivity contribution in [2.75, 3.05) is 13.1 Å². The molecule has 2 aromatic heterocycles. The number of fused-ring (bicyclic) bond motifs is 1. The van der Waals surface area contributed by atoms with Crippen LogP contribution in [0.2, 0.25) is 0 Å². The number of nitrogens with one attached hydrogen (secondary N) is 2. The molecule has 0 bridgehead atoms. The Morgan fingerprint density at radius 3 is 2.67 bits per heavy atom. The Balaban J connectivity index is 1.93. The molecule has 0 unspecified atom stereocenters. The number of benzene rings is 1. The maximum atomic E-state index is 13.1. The fraction of sp³-hybridized carbons (Fsp3) is 0.500. The highest BCUT2D eigenvalue weighted by atomic mass is 16.1. The first-order valence-electron chi connectivity index (χ1n) is 9.62. The molecule has 4 rings (SSSR count). The molecule has 0 spiro atoms. The van der Waals surface area contributed by atoms with E-state index in [4.69, 9.17) is 0 Å². The summed E-state index contributed by atoms with van der Waals surface area (Å²) in [6.07, 6.45) is 2.32. The van der Waals surface area contributed by atoms with E-state index in [2.05, 4.69) is 41.3 Å². The summed E-state index contributed by atoms with van der Waals surface area (Å²) in [5.41, 5.74) is 2.41. The molecule has 3 aromatic rings. The molecule has 1 aromatic carbocycles. The summed E-state index contributed by atoms with van der Waals surface area (Å²) in [7, 11) is 0. The Morgan fingerprint density at radius 2 is 1.96 bits per heavy atom. The molecule has 0 saturated carbocycles. The van der Waals surface area contributed by atoms with Gasteiger partial charge in [0.15, 0.2) is 6.04 Å². The lowest BCUT2D eigenvalue weighted by Crippen LogP contribution is -3.10. The molecule has 1 aliphatic heterocycles. The third-order valence-electron chi connectivity index (χ3n) is 5.47. The van der Waals surface area contributed by atoms with E-state index < -0.39 is 0 Å². The Labute approximate surface area is 158 Å². The van der Waals surface area contributed by atoms with Crippen LogP contribution in [0.15, 0.2) is 29.1 Å². The SMILES string of the molecule is Cc1cccc2cc([C@@H](c3nnnn3C(C)(C)C)[NH+]3CCCC3)c(=O)[nH]c12. The van der Waals surface area contributed by atoms with Crippen LogP contribution in [-0.4, -0.2) is 38.3 Å². The first kappa shape index (κ1) is 17.9.